The SMILES string of the molecule is N=C/C=C(\N)c1cccc(C(=O)Nc2ccc(OCCCCCCC(=O)O)cc2N2CCC(O)CC2)n1. The summed E-state index contributed by atoms with van der Waals surface area (Å²) in [6.07, 6.45) is 6.82. The van der Waals surface area contributed by atoms with Gasteiger partial charge in [0.05, 0.1) is 35.5 Å². The molecule has 10 nitrogen and oxygen atoms in total. The minimum Gasteiger partial charge on any atom is -0.494 e. The Bertz CT molecular complexity index is 1110. The van der Waals surface area contributed by atoms with Gasteiger partial charge in [0.25, 0.3) is 5.91 Å². The lowest BCUT2D eigenvalue weighted by atomic mass is 10.1. The fourth-order valence-electron chi connectivity index (χ4n) is 4.08. The monoisotopic (exact) mass is 509 g/mol. The molecule has 198 valence electrons. The van der Waals surface area contributed by atoms with Crippen molar-refractivity contribution in [3.05, 3.63) is 53.9 Å². The lowest BCUT2D eigenvalue weighted by Gasteiger charge is -2.33. The molecule has 1 aromatic heterocycles. The van der Waals surface area contributed by atoms with Gasteiger partial charge in [-0.05, 0) is 56.0 Å². The number of piperidine rings is 1. The first-order chi connectivity index (χ1) is 17.9. The normalized spacial score (nSPS) is 14.3. The molecule has 1 aliphatic heterocycles. The molecule has 2 aromatic rings. The van der Waals surface area contributed by atoms with Crippen LogP contribution >= 0.6 is 0 Å². The lowest BCUT2D eigenvalue weighted by molar-refractivity contribution is -0.137. The largest absolute Gasteiger partial charge is 0.494 e. The minimum atomic E-state index is -0.770. The number of nitrogens with zero attached hydrogens (tertiary/aromatic N) is 2. The second-order valence-corrected chi connectivity index (χ2v) is 8.95. The minimum absolute atomic E-state index is 0.190. The average Bonchev–Trinajstić information content (AvgIpc) is 2.89. The third-order valence-electron chi connectivity index (χ3n) is 6.12. The number of allylic oxidation sites excluding steroid dienone is 1. The van der Waals surface area contributed by atoms with Crippen molar-refractivity contribution in [1.82, 2.24) is 4.98 Å². The number of nitrogens with one attached hydrogen (secondary N) is 2. The number of ether oxygens (including phenoxy) is 1. The molecule has 1 saturated heterocycles. The van der Waals surface area contributed by atoms with Crippen LogP contribution in [0.3, 0.4) is 0 Å². The molecular weight excluding hydrogens is 474 g/mol. The number of nitrogens with two attached hydrogens (primary N) is 1. The fourth-order valence-corrected chi connectivity index (χ4v) is 4.08. The maximum atomic E-state index is 13.1. The summed E-state index contributed by atoms with van der Waals surface area (Å²) in [6.45, 7) is 1.81. The summed E-state index contributed by atoms with van der Waals surface area (Å²) in [6, 6.07) is 10.5. The van der Waals surface area contributed by atoms with Crippen LogP contribution in [0, 0.1) is 5.41 Å². The van der Waals surface area contributed by atoms with Gasteiger partial charge in [0, 0.05) is 31.8 Å². The highest BCUT2D eigenvalue weighted by atomic mass is 16.5. The third kappa shape index (κ3) is 8.60. The summed E-state index contributed by atoms with van der Waals surface area (Å²) in [4.78, 5) is 30.1. The number of unbranched alkanes of at least 4 members (excludes halogenated alkanes) is 3. The Morgan fingerprint density at radius 1 is 1.14 bits per heavy atom. The first-order valence-electron chi connectivity index (χ1n) is 12.5. The van der Waals surface area contributed by atoms with E-state index in [0.29, 0.717) is 61.8 Å². The lowest BCUT2D eigenvalue weighted by Crippen LogP contribution is -2.36. The van der Waals surface area contributed by atoms with Gasteiger partial charge in [-0.1, -0.05) is 18.9 Å². The van der Waals surface area contributed by atoms with Gasteiger partial charge in [-0.3, -0.25) is 9.59 Å². The van der Waals surface area contributed by atoms with Gasteiger partial charge in [0.1, 0.15) is 11.4 Å². The van der Waals surface area contributed by atoms with Crippen molar-refractivity contribution in [2.75, 3.05) is 29.9 Å². The maximum absolute atomic E-state index is 13.1. The summed E-state index contributed by atoms with van der Waals surface area (Å²) < 4.78 is 5.94. The van der Waals surface area contributed by atoms with E-state index in [0.717, 1.165) is 31.2 Å². The first-order valence-corrected chi connectivity index (χ1v) is 12.5. The van der Waals surface area contributed by atoms with Gasteiger partial charge in [-0.2, -0.15) is 0 Å². The van der Waals surface area contributed by atoms with E-state index in [1.807, 2.05) is 6.07 Å². The summed E-state index contributed by atoms with van der Waals surface area (Å²) >= 11 is 0. The molecule has 2 heterocycles. The zero-order valence-corrected chi connectivity index (χ0v) is 20.9. The number of benzene rings is 1. The number of carboxylic acids is 1. The highest BCUT2D eigenvalue weighted by Gasteiger charge is 2.21. The zero-order valence-electron chi connectivity index (χ0n) is 20.9. The van der Waals surface area contributed by atoms with E-state index in [2.05, 4.69) is 15.2 Å². The highest BCUT2D eigenvalue weighted by Crippen LogP contribution is 2.33. The summed E-state index contributed by atoms with van der Waals surface area (Å²) in [7, 11) is 0. The van der Waals surface area contributed by atoms with E-state index in [1.54, 1.807) is 30.3 Å². The van der Waals surface area contributed by atoms with Crippen molar-refractivity contribution in [1.29, 1.82) is 5.41 Å². The number of hydrogen-bond acceptors (Lipinski definition) is 8. The Kier molecular flexibility index (Phi) is 10.5. The van der Waals surface area contributed by atoms with Crippen molar-refractivity contribution in [3.8, 4) is 5.75 Å². The van der Waals surface area contributed by atoms with E-state index in [-0.39, 0.29) is 18.2 Å². The van der Waals surface area contributed by atoms with E-state index < -0.39 is 11.9 Å². The predicted octanol–water partition coefficient (Wildman–Crippen LogP) is 3.66. The summed E-state index contributed by atoms with van der Waals surface area (Å²) in [5, 5.41) is 28.8. The number of carbonyl (C=O) groups excluding carboxylic acids is 1. The van der Waals surface area contributed by atoms with Crippen LogP contribution in [-0.4, -0.2) is 59.1 Å². The molecule has 0 spiro atoms. The molecule has 3 rings (SSSR count). The molecule has 1 aliphatic rings. The standard InChI is InChI=1S/C27H35N5O5/c28-14-11-21(29)22-6-5-7-24(30-22)27(36)31-23-10-9-20(37-17-4-2-1-3-8-26(34)35)18-25(23)32-15-12-19(33)13-16-32/h5-7,9-11,14,18-19,28,33H,1-4,8,12-13,15-17,29H2,(H,31,36)(H,34,35)/b21-11-,28-14?. The molecule has 0 aliphatic carbocycles. The molecule has 0 saturated carbocycles. The Morgan fingerprint density at radius 2 is 1.86 bits per heavy atom. The number of amides is 1. The van der Waals surface area contributed by atoms with Gasteiger partial charge in [0.15, 0.2) is 0 Å². The maximum Gasteiger partial charge on any atom is 0.303 e. The number of rotatable bonds is 13. The van der Waals surface area contributed by atoms with E-state index in [1.165, 1.54) is 6.08 Å². The number of aliphatic hydroxyl groups is 1. The van der Waals surface area contributed by atoms with Crippen LogP contribution in [0.1, 0.15) is 61.1 Å². The number of carbonyl (C=O) groups is 2. The molecular formula is C27H35N5O5. The van der Waals surface area contributed by atoms with Crippen LogP contribution in [0.25, 0.3) is 5.70 Å². The van der Waals surface area contributed by atoms with E-state index in [9.17, 15) is 14.7 Å². The van der Waals surface area contributed by atoms with Crippen LogP contribution in [-0.2, 0) is 4.79 Å². The Hall–Kier alpha value is -3.92. The number of anilines is 2. The highest BCUT2D eigenvalue weighted by molar-refractivity contribution is 6.05. The molecule has 10 heteroatoms. The van der Waals surface area contributed by atoms with Crippen LogP contribution in [0.5, 0.6) is 5.75 Å². The molecule has 1 amide bonds. The Morgan fingerprint density at radius 3 is 2.59 bits per heavy atom. The topological polar surface area (TPSA) is 162 Å². The van der Waals surface area contributed by atoms with Crippen molar-refractivity contribution >= 4 is 35.2 Å². The molecule has 1 aromatic carbocycles. The molecule has 0 unspecified atom stereocenters. The number of carboxylic acid groups (broad SMARTS) is 1. The average molecular weight is 510 g/mol. The van der Waals surface area contributed by atoms with Gasteiger partial charge in [-0.25, -0.2) is 4.98 Å². The third-order valence-corrected chi connectivity index (χ3v) is 6.12. The van der Waals surface area contributed by atoms with E-state index in [4.69, 9.17) is 21.0 Å². The number of aromatic nitrogens is 1. The molecule has 0 atom stereocenters. The quantitative estimate of drug-likeness (QED) is 0.202. The molecule has 0 radical (unpaired) electrons. The number of aliphatic carboxylic acids is 1. The van der Waals surface area contributed by atoms with Gasteiger partial charge >= 0.3 is 5.97 Å². The Labute approximate surface area is 216 Å². The molecule has 6 N–H and O–H groups in total. The van der Waals surface area contributed by atoms with Crippen LogP contribution in [0.2, 0.25) is 0 Å². The first kappa shape index (κ1) is 27.7. The van der Waals surface area contributed by atoms with E-state index >= 15 is 0 Å². The Balaban J connectivity index is 1.70. The smallest absolute Gasteiger partial charge is 0.303 e. The number of hydrogen-bond donors (Lipinski definition) is 5. The van der Waals surface area contributed by atoms with Crippen LogP contribution in [0.4, 0.5) is 11.4 Å². The number of aliphatic hydroxyl groups excluding tert-OH is 1. The van der Waals surface area contributed by atoms with Crippen LogP contribution < -0.4 is 20.7 Å². The van der Waals surface area contributed by atoms with Crippen molar-refractivity contribution in [2.24, 2.45) is 5.73 Å². The zero-order chi connectivity index (χ0) is 26.6. The molecule has 0 bridgehead atoms. The summed E-state index contributed by atoms with van der Waals surface area (Å²) in [5.74, 6) is -0.486. The van der Waals surface area contributed by atoms with Gasteiger partial charge in [-0.15, -0.1) is 0 Å². The predicted molar refractivity (Wildman–Crippen MR) is 143 cm³/mol. The molecule has 1 fully saturated rings. The van der Waals surface area contributed by atoms with Gasteiger partial charge in [0.2, 0.25) is 0 Å². The van der Waals surface area contributed by atoms with Crippen LogP contribution in [0.15, 0.2) is 42.5 Å². The second-order valence-electron chi connectivity index (χ2n) is 8.95. The summed E-state index contributed by atoms with van der Waals surface area (Å²) in [5.41, 5.74) is 8.23. The number of pyridine rings is 1. The van der Waals surface area contributed by atoms with Crippen molar-refractivity contribution < 1.29 is 24.5 Å². The van der Waals surface area contributed by atoms with Gasteiger partial charge < -0.3 is 36.3 Å². The van der Waals surface area contributed by atoms with Crippen molar-refractivity contribution in [3.63, 3.8) is 0 Å². The second kappa shape index (κ2) is 14.0. The van der Waals surface area contributed by atoms with Crippen molar-refractivity contribution in [2.45, 2.75) is 51.0 Å². The fraction of sp³-hybridized carbons (Fsp3) is 0.407. The molecule has 37 heavy (non-hydrogen) atoms.